The molecule has 0 spiro atoms. The van der Waals surface area contributed by atoms with Crippen LogP contribution in [0.3, 0.4) is 0 Å². The lowest BCUT2D eigenvalue weighted by atomic mass is 10.1. The van der Waals surface area contributed by atoms with Gasteiger partial charge in [0.15, 0.2) is 0 Å². The molecule has 0 aliphatic carbocycles. The number of carbonyl (C=O) groups is 2. The van der Waals surface area contributed by atoms with E-state index in [0.717, 1.165) is 12.1 Å². The molecule has 2 N–H and O–H groups in total. The summed E-state index contributed by atoms with van der Waals surface area (Å²) in [6.07, 6.45) is 1.58. The number of carbonyl (C=O) groups excluding carboxylic acids is 1. The molecular formula is C16H23ClN2O3. The SMILES string of the molecule is CCc1ccc(NC(=O)C(C)N2CCC(C(=O)O)C2)cc1.Cl. The van der Waals surface area contributed by atoms with Gasteiger partial charge in [-0.1, -0.05) is 19.1 Å². The molecule has 0 saturated carbocycles. The van der Waals surface area contributed by atoms with Gasteiger partial charge >= 0.3 is 5.97 Å². The molecule has 0 bridgehead atoms. The zero-order valence-electron chi connectivity index (χ0n) is 12.9. The lowest BCUT2D eigenvalue weighted by Gasteiger charge is -2.23. The van der Waals surface area contributed by atoms with Crippen molar-refractivity contribution in [2.24, 2.45) is 5.92 Å². The van der Waals surface area contributed by atoms with Gasteiger partial charge in [-0.15, -0.1) is 12.4 Å². The Balaban J connectivity index is 0.00000242. The molecule has 1 saturated heterocycles. The van der Waals surface area contributed by atoms with Gasteiger partial charge in [0.05, 0.1) is 12.0 Å². The number of anilines is 1. The summed E-state index contributed by atoms with van der Waals surface area (Å²) in [6.45, 7) is 5.00. The largest absolute Gasteiger partial charge is 0.481 e. The van der Waals surface area contributed by atoms with Gasteiger partial charge in [-0.05, 0) is 44.0 Å². The van der Waals surface area contributed by atoms with Crippen molar-refractivity contribution in [2.75, 3.05) is 18.4 Å². The Kier molecular flexibility index (Phi) is 6.84. The molecule has 1 aromatic rings. The zero-order chi connectivity index (χ0) is 15.4. The van der Waals surface area contributed by atoms with Crippen LogP contribution in [-0.4, -0.2) is 41.0 Å². The Labute approximate surface area is 137 Å². The highest BCUT2D eigenvalue weighted by Gasteiger charge is 2.33. The third-order valence-electron chi connectivity index (χ3n) is 4.13. The molecule has 0 aromatic heterocycles. The van der Waals surface area contributed by atoms with E-state index < -0.39 is 5.97 Å². The molecule has 1 amide bonds. The van der Waals surface area contributed by atoms with Crippen LogP contribution in [0.25, 0.3) is 0 Å². The fourth-order valence-electron chi connectivity index (χ4n) is 2.58. The summed E-state index contributed by atoms with van der Waals surface area (Å²) < 4.78 is 0. The smallest absolute Gasteiger partial charge is 0.307 e. The maximum Gasteiger partial charge on any atom is 0.307 e. The Bertz CT molecular complexity index is 519. The van der Waals surface area contributed by atoms with Gasteiger partial charge in [-0.2, -0.15) is 0 Å². The van der Waals surface area contributed by atoms with E-state index in [1.807, 2.05) is 36.1 Å². The van der Waals surface area contributed by atoms with Crippen molar-refractivity contribution in [3.8, 4) is 0 Å². The second-order valence-corrected chi connectivity index (χ2v) is 5.53. The number of hydrogen-bond donors (Lipinski definition) is 2. The summed E-state index contributed by atoms with van der Waals surface area (Å²) in [5.41, 5.74) is 2.00. The summed E-state index contributed by atoms with van der Waals surface area (Å²) in [6, 6.07) is 7.47. The third kappa shape index (κ3) is 4.45. The molecule has 6 heteroatoms. The second kappa shape index (κ2) is 8.15. The fraction of sp³-hybridized carbons (Fsp3) is 0.500. The predicted molar refractivity (Wildman–Crippen MR) is 88.5 cm³/mol. The van der Waals surface area contributed by atoms with Gasteiger partial charge in [-0.3, -0.25) is 14.5 Å². The number of aryl methyl sites for hydroxylation is 1. The van der Waals surface area contributed by atoms with Gasteiger partial charge in [0.25, 0.3) is 0 Å². The molecule has 2 atom stereocenters. The summed E-state index contributed by atoms with van der Waals surface area (Å²) in [7, 11) is 0. The van der Waals surface area contributed by atoms with Crippen molar-refractivity contribution >= 4 is 30.0 Å². The van der Waals surface area contributed by atoms with Gasteiger partial charge in [0, 0.05) is 12.2 Å². The number of benzene rings is 1. The maximum absolute atomic E-state index is 12.2. The molecule has 5 nitrogen and oxygen atoms in total. The highest BCUT2D eigenvalue weighted by molar-refractivity contribution is 5.94. The number of halogens is 1. The molecule has 2 rings (SSSR count). The highest BCUT2D eigenvalue weighted by Crippen LogP contribution is 2.19. The summed E-state index contributed by atoms with van der Waals surface area (Å²) in [5, 5.41) is 11.9. The van der Waals surface area contributed by atoms with Crippen molar-refractivity contribution in [1.29, 1.82) is 0 Å². The molecule has 0 radical (unpaired) electrons. The first-order valence-electron chi connectivity index (χ1n) is 7.38. The number of amides is 1. The van der Waals surface area contributed by atoms with Crippen LogP contribution in [0.2, 0.25) is 0 Å². The summed E-state index contributed by atoms with van der Waals surface area (Å²) in [5.74, 6) is -1.23. The van der Waals surface area contributed by atoms with Gasteiger partial charge < -0.3 is 10.4 Å². The number of carboxylic acid groups (broad SMARTS) is 1. The third-order valence-corrected chi connectivity index (χ3v) is 4.13. The van der Waals surface area contributed by atoms with Crippen LogP contribution in [0.5, 0.6) is 0 Å². The Hall–Kier alpha value is -1.59. The topological polar surface area (TPSA) is 69.6 Å². The molecule has 1 fully saturated rings. The minimum atomic E-state index is -0.778. The number of carboxylic acids is 1. The number of likely N-dealkylation sites (tertiary alicyclic amines) is 1. The molecule has 1 aliphatic heterocycles. The van der Waals surface area contributed by atoms with Crippen LogP contribution in [-0.2, 0) is 16.0 Å². The molecule has 1 heterocycles. The first kappa shape index (κ1) is 18.5. The molecule has 2 unspecified atom stereocenters. The molecule has 22 heavy (non-hydrogen) atoms. The molecular weight excluding hydrogens is 304 g/mol. The minimum Gasteiger partial charge on any atom is -0.481 e. The predicted octanol–water partition coefficient (Wildman–Crippen LogP) is 2.40. The van der Waals surface area contributed by atoms with Crippen LogP contribution in [0.1, 0.15) is 25.8 Å². The van der Waals surface area contributed by atoms with Crippen molar-refractivity contribution in [1.82, 2.24) is 4.90 Å². The van der Waals surface area contributed by atoms with E-state index in [0.29, 0.717) is 19.5 Å². The number of nitrogens with one attached hydrogen (secondary N) is 1. The van der Waals surface area contributed by atoms with Crippen LogP contribution in [0, 0.1) is 5.92 Å². The maximum atomic E-state index is 12.2. The van der Waals surface area contributed by atoms with E-state index in [2.05, 4.69) is 12.2 Å². The van der Waals surface area contributed by atoms with Crippen molar-refractivity contribution in [3.63, 3.8) is 0 Å². The van der Waals surface area contributed by atoms with Crippen molar-refractivity contribution in [2.45, 2.75) is 32.7 Å². The second-order valence-electron chi connectivity index (χ2n) is 5.53. The normalized spacial score (nSPS) is 19.3. The lowest BCUT2D eigenvalue weighted by Crippen LogP contribution is -2.41. The Morgan fingerprint density at radius 2 is 2.00 bits per heavy atom. The standard InChI is InChI=1S/C16H22N2O3.ClH/c1-3-12-4-6-14(7-5-12)17-15(19)11(2)18-9-8-13(10-18)16(20)21;/h4-7,11,13H,3,8-10H2,1-2H3,(H,17,19)(H,20,21);1H. The monoisotopic (exact) mass is 326 g/mol. The van der Waals surface area contributed by atoms with Crippen molar-refractivity contribution < 1.29 is 14.7 Å². The first-order valence-corrected chi connectivity index (χ1v) is 7.38. The minimum absolute atomic E-state index is 0. The van der Waals surface area contributed by atoms with Crippen molar-refractivity contribution in [3.05, 3.63) is 29.8 Å². The quantitative estimate of drug-likeness (QED) is 0.871. The number of aliphatic carboxylic acids is 1. The van der Waals surface area contributed by atoms with Crippen LogP contribution in [0.4, 0.5) is 5.69 Å². The number of rotatable bonds is 5. The number of nitrogens with zero attached hydrogens (tertiary/aromatic N) is 1. The van der Waals surface area contributed by atoms with Gasteiger partial charge in [-0.25, -0.2) is 0 Å². The van der Waals surface area contributed by atoms with E-state index in [4.69, 9.17) is 5.11 Å². The lowest BCUT2D eigenvalue weighted by molar-refractivity contribution is -0.141. The Morgan fingerprint density at radius 1 is 1.36 bits per heavy atom. The molecule has 1 aliphatic rings. The Morgan fingerprint density at radius 3 is 2.50 bits per heavy atom. The zero-order valence-corrected chi connectivity index (χ0v) is 13.7. The number of hydrogen-bond acceptors (Lipinski definition) is 3. The van der Waals surface area contributed by atoms with Gasteiger partial charge in [0.1, 0.15) is 0 Å². The average molecular weight is 327 g/mol. The van der Waals surface area contributed by atoms with Crippen LogP contribution < -0.4 is 5.32 Å². The van der Waals surface area contributed by atoms with E-state index >= 15 is 0 Å². The first-order chi connectivity index (χ1) is 10.0. The average Bonchev–Trinajstić information content (AvgIpc) is 2.97. The molecule has 122 valence electrons. The van der Waals surface area contributed by atoms with Crippen LogP contribution >= 0.6 is 12.4 Å². The van der Waals surface area contributed by atoms with Gasteiger partial charge in [0.2, 0.25) is 5.91 Å². The van der Waals surface area contributed by atoms with E-state index in [1.165, 1.54) is 5.56 Å². The van der Waals surface area contributed by atoms with E-state index in [1.54, 1.807) is 0 Å². The highest BCUT2D eigenvalue weighted by atomic mass is 35.5. The van der Waals surface area contributed by atoms with E-state index in [9.17, 15) is 9.59 Å². The molecule has 1 aromatic carbocycles. The van der Waals surface area contributed by atoms with Crippen LogP contribution in [0.15, 0.2) is 24.3 Å². The summed E-state index contributed by atoms with van der Waals surface area (Å²) in [4.78, 5) is 25.1. The summed E-state index contributed by atoms with van der Waals surface area (Å²) >= 11 is 0. The fourth-order valence-corrected chi connectivity index (χ4v) is 2.58. The van der Waals surface area contributed by atoms with E-state index in [-0.39, 0.29) is 30.3 Å².